The lowest BCUT2D eigenvalue weighted by Crippen LogP contribution is -2.38. The first-order valence-electron chi connectivity index (χ1n) is 6.23. The summed E-state index contributed by atoms with van der Waals surface area (Å²) in [6, 6.07) is 0. The van der Waals surface area contributed by atoms with Crippen LogP contribution in [0.3, 0.4) is 0 Å². The van der Waals surface area contributed by atoms with Crippen molar-refractivity contribution >= 4 is 6.09 Å². The van der Waals surface area contributed by atoms with Crippen LogP contribution in [0.5, 0.6) is 0 Å². The van der Waals surface area contributed by atoms with Crippen molar-refractivity contribution in [2.75, 3.05) is 19.7 Å². The number of hydrogen-bond acceptors (Lipinski definition) is 3. The van der Waals surface area contributed by atoms with Crippen LogP contribution in [0.1, 0.15) is 39.5 Å². The highest BCUT2D eigenvalue weighted by Crippen LogP contribution is 2.22. The van der Waals surface area contributed by atoms with E-state index in [1.165, 1.54) is 0 Å². The highest BCUT2D eigenvalue weighted by Gasteiger charge is 2.23. The van der Waals surface area contributed by atoms with Crippen molar-refractivity contribution in [2.24, 2.45) is 5.92 Å². The number of amides is 1. The van der Waals surface area contributed by atoms with Crippen molar-refractivity contribution < 1.29 is 14.6 Å². The highest BCUT2D eigenvalue weighted by atomic mass is 16.6. The van der Waals surface area contributed by atoms with Gasteiger partial charge in [-0.3, -0.25) is 0 Å². The van der Waals surface area contributed by atoms with Gasteiger partial charge in [-0.05, 0) is 45.4 Å². The van der Waals surface area contributed by atoms with Gasteiger partial charge in [0.2, 0.25) is 0 Å². The predicted molar refractivity (Wildman–Crippen MR) is 62.2 cm³/mol. The number of hydrogen-bond donors (Lipinski definition) is 1. The maximum absolute atomic E-state index is 11.4. The average Bonchev–Trinajstić information content (AvgIpc) is 2.27. The van der Waals surface area contributed by atoms with E-state index in [-0.39, 0.29) is 12.2 Å². The molecular formula is C12H23NO3. The molecule has 0 aromatic rings. The fourth-order valence-electron chi connectivity index (χ4n) is 2.10. The van der Waals surface area contributed by atoms with E-state index in [4.69, 9.17) is 4.74 Å². The van der Waals surface area contributed by atoms with Crippen LogP contribution in [-0.4, -0.2) is 41.9 Å². The Kier molecular flexibility index (Phi) is 5.60. The van der Waals surface area contributed by atoms with Gasteiger partial charge in [0.25, 0.3) is 0 Å². The molecule has 1 atom stereocenters. The molecule has 1 fully saturated rings. The van der Waals surface area contributed by atoms with Crippen LogP contribution < -0.4 is 0 Å². The van der Waals surface area contributed by atoms with Crippen molar-refractivity contribution in [3.63, 3.8) is 0 Å². The number of ether oxygens (including phenoxy) is 1. The zero-order chi connectivity index (χ0) is 12.0. The molecule has 0 saturated carbocycles. The minimum Gasteiger partial charge on any atom is -0.450 e. The number of rotatable bonds is 4. The number of carbonyl (C=O) groups excluding carboxylic acids is 1. The number of carbonyl (C=O) groups is 1. The fourth-order valence-corrected chi connectivity index (χ4v) is 2.10. The van der Waals surface area contributed by atoms with Gasteiger partial charge in [-0.15, -0.1) is 0 Å². The summed E-state index contributed by atoms with van der Waals surface area (Å²) in [4.78, 5) is 13.2. The van der Waals surface area contributed by atoms with Crippen molar-refractivity contribution in [3.8, 4) is 0 Å². The third-order valence-corrected chi connectivity index (χ3v) is 3.13. The first-order chi connectivity index (χ1) is 7.63. The monoisotopic (exact) mass is 229 g/mol. The molecule has 0 aromatic heterocycles. The maximum atomic E-state index is 11.4. The summed E-state index contributed by atoms with van der Waals surface area (Å²) in [5.74, 6) is 0.653. The summed E-state index contributed by atoms with van der Waals surface area (Å²) in [5, 5.41) is 9.21. The van der Waals surface area contributed by atoms with E-state index >= 15 is 0 Å². The van der Waals surface area contributed by atoms with Crippen LogP contribution in [0, 0.1) is 5.92 Å². The first-order valence-corrected chi connectivity index (χ1v) is 6.23. The number of piperidine rings is 1. The van der Waals surface area contributed by atoms with Crippen LogP contribution in [0.15, 0.2) is 0 Å². The molecule has 0 radical (unpaired) electrons. The van der Waals surface area contributed by atoms with E-state index in [1.807, 2.05) is 13.8 Å². The number of aliphatic hydroxyl groups is 1. The van der Waals surface area contributed by atoms with E-state index in [1.54, 1.807) is 4.90 Å². The molecule has 4 nitrogen and oxygen atoms in total. The van der Waals surface area contributed by atoms with E-state index in [2.05, 4.69) is 0 Å². The summed E-state index contributed by atoms with van der Waals surface area (Å²) in [7, 11) is 0. The van der Waals surface area contributed by atoms with Crippen LogP contribution in [0.25, 0.3) is 0 Å². The Labute approximate surface area is 97.6 Å². The molecule has 0 aromatic carbocycles. The van der Waals surface area contributed by atoms with E-state index in [9.17, 15) is 9.90 Å². The van der Waals surface area contributed by atoms with Crippen molar-refractivity contribution in [3.05, 3.63) is 0 Å². The minimum absolute atomic E-state index is 0.184. The van der Waals surface area contributed by atoms with Crippen LogP contribution in [-0.2, 0) is 4.74 Å². The molecule has 0 bridgehead atoms. The van der Waals surface area contributed by atoms with Crippen molar-refractivity contribution in [1.82, 2.24) is 4.90 Å². The Balaban J connectivity index is 2.20. The Morgan fingerprint density at radius 2 is 2.12 bits per heavy atom. The SMILES string of the molecule is CCOC(=O)N1CCC(CC[C@H](C)O)CC1. The lowest BCUT2D eigenvalue weighted by molar-refractivity contribution is 0.0879. The molecule has 1 aliphatic rings. The van der Waals surface area contributed by atoms with Gasteiger partial charge in [-0.2, -0.15) is 0 Å². The molecule has 0 aliphatic carbocycles. The molecular weight excluding hydrogens is 206 g/mol. The normalized spacial score (nSPS) is 19.6. The largest absolute Gasteiger partial charge is 0.450 e. The number of aliphatic hydroxyl groups excluding tert-OH is 1. The van der Waals surface area contributed by atoms with E-state index in [0.29, 0.717) is 12.5 Å². The molecule has 94 valence electrons. The molecule has 1 aliphatic heterocycles. The van der Waals surface area contributed by atoms with Gasteiger partial charge in [0.15, 0.2) is 0 Å². The summed E-state index contributed by atoms with van der Waals surface area (Å²) >= 11 is 0. The lowest BCUT2D eigenvalue weighted by atomic mass is 9.91. The van der Waals surface area contributed by atoms with Gasteiger partial charge in [0.1, 0.15) is 0 Å². The van der Waals surface area contributed by atoms with Crippen LogP contribution >= 0.6 is 0 Å². The molecule has 1 saturated heterocycles. The van der Waals surface area contributed by atoms with Gasteiger partial charge in [-0.1, -0.05) is 0 Å². The zero-order valence-electron chi connectivity index (χ0n) is 10.3. The van der Waals surface area contributed by atoms with Gasteiger partial charge in [0, 0.05) is 13.1 Å². The second kappa shape index (κ2) is 6.74. The smallest absolute Gasteiger partial charge is 0.409 e. The quantitative estimate of drug-likeness (QED) is 0.802. The summed E-state index contributed by atoms with van der Waals surface area (Å²) in [6.07, 6.45) is 3.61. The first kappa shape index (κ1) is 13.3. The maximum Gasteiger partial charge on any atom is 0.409 e. The molecule has 4 heteroatoms. The third kappa shape index (κ3) is 4.39. The predicted octanol–water partition coefficient (Wildman–Crippen LogP) is 2.02. The van der Waals surface area contributed by atoms with Crippen LogP contribution in [0.2, 0.25) is 0 Å². The Morgan fingerprint density at radius 3 is 2.62 bits per heavy atom. The molecule has 0 spiro atoms. The van der Waals surface area contributed by atoms with Crippen molar-refractivity contribution in [2.45, 2.75) is 45.6 Å². The molecule has 1 amide bonds. The molecule has 1 N–H and O–H groups in total. The lowest BCUT2D eigenvalue weighted by Gasteiger charge is -2.31. The van der Waals surface area contributed by atoms with Gasteiger partial charge >= 0.3 is 6.09 Å². The Hall–Kier alpha value is -0.770. The number of nitrogens with zero attached hydrogens (tertiary/aromatic N) is 1. The molecule has 0 unspecified atom stereocenters. The fraction of sp³-hybridized carbons (Fsp3) is 0.917. The van der Waals surface area contributed by atoms with E-state index < -0.39 is 0 Å². The molecule has 1 rings (SSSR count). The summed E-state index contributed by atoms with van der Waals surface area (Å²) in [6.45, 7) is 5.69. The highest BCUT2D eigenvalue weighted by molar-refractivity contribution is 5.67. The van der Waals surface area contributed by atoms with Gasteiger partial charge in [-0.25, -0.2) is 4.79 Å². The van der Waals surface area contributed by atoms with E-state index in [0.717, 1.165) is 38.8 Å². The second-order valence-corrected chi connectivity index (χ2v) is 4.56. The standard InChI is InChI=1S/C12H23NO3/c1-3-16-12(15)13-8-6-11(7-9-13)5-4-10(2)14/h10-11,14H,3-9H2,1-2H3/t10-/m0/s1. The van der Waals surface area contributed by atoms with Crippen molar-refractivity contribution in [1.29, 1.82) is 0 Å². The Bertz CT molecular complexity index is 210. The molecule has 1 heterocycles. The number of likely N-dealkylation sites (tertiary alicyclic amines) is 1. The van der Waals surface area contributed by atoms with Gasteiger partial charge < -0.3 is 14.7 Å². The third-order valence-electron chi connectivity index (χ3n) is 3.13. The molecule has 16 heavy (non-hydrogen) atoms. The average molecular weight is 229 g/mol. The Morgan fingerprint density at radius 1 is 1.50 bits per heavy atom. The van der Waals surface area contributed by atoms with Crippen LogP contribution in [0.4, 0.5) is 4.79 Å². The summed E-state index contributed by atoms with van der Waals surface area (Å²) < 4.78 is 4.96. The summed E-state index contributed by atoms with van der Waals surface area (Å²) in [5.41, 5.74) is 0. The second-order valence-electron chi connectivity index (χ2n) is 4.56. The zero-order valence-corrected chi connectivity index (χ0v) is 10.3. The topological polar surface area (TPSA) is 49.8 Å². The van der Waals surface area contributed by atoms with Gasteiger partial charge in [0.05, 0.1) is 12.7 Å². The minimum atomic E-state index is -0.205.